The van der Waals surface area contributed by atoms with E-state index >= 15 is 0 Å². The molecule has 1 unspecified atom stereocenters. The van der Waals surface area contributed by atoms with Crippen molar-refractivity contribution >= 4 is 0 Å². The Morgan fingerprint density at radius 1 is 1.25 bits per heavy atom. The second-order valence-electron chi connectivity index (χ2n) is 4.35. The van der Waals surface area contributed by atoms with Crippen LogP contribution in [0.1, 0.15) is 33.1 Å². The molecule has 0 aliphatic heterocycles. The molecular weight excluding hydrogens is 146 g/mol. The molecule has 0 saturated carbocycles. The van der Waals surface area contributed by atoms with Gasteiger partial charge in [0.15, 0.2) is 0 Å². The quantitative estimate of drug-likeness (QED) is 0.439. The van der Waals surface area contributed by atoms with E-state index in [9.17, 15) is 0 Å². The first-order valence-corrected chi connectivity index (χ1v) is 4.96. The third-order valence-corrected chi connectivity index (χ3v) is 2.26. The molecule has 0 bridgehead atoms. The lowest BCUT2D eigenvalue weighted by molar-refractivity contribution is -0.889. The minimum atomic E-state index is 0.690. The van der Waals surface area contributed by atoms with Crippen molar-refractivity contribution in [2.24, 2.45) is 0 Å². The van der Waals surface area contributed by atoms with E-state index in [-0.39, 0.29) is 0 Å². The maximum atomic E-state index is 2.33. The molecule has 1 nitrogen and oxygen atoms in total. The number of likely N-dealkylation sites (N-methyl/N-ethyl adjacent to an activating group) is 1. The van der Waals surface area contributed by atoms with Gasteiger partial charge in [-0.2, -0.15) is 0 Å². The highest BCUT2D eigenvalue weighted by Crippen LogP contribution is 2.12. The molecule has 0 saturated heterocycles. The Balaban J connectivity index is 4.04. The summed E-state index contributed by atoms with van der Waals surface area (Å²) >= 11 is 0. The first kappa shape index (κ1) is 11.7. The van der Waals surface area contributed by atoms with Crippen LogP contribution >= 0.6 is 0 Å². The summed E-state index contributed by atoms with van der Waals surface area (Å²) in [7, 11) is 6.79. The van der Waals surface area contributed by atoms with Gasteiger partial charge in [0.2, 0.25) is 0 Å². The summed E-state index contributed by atoms with van der Waals surface area (Å²) in [5, 5.41) is 0. The van der Waals surface area contributed by atoms with Crippen LogP contribution < -0.4 is 0 Å². The van der Waals surface area contributed by atoms with Crippen LogP contribution in [0.5, 0.6) is 0 Å². The van der Waals surface area contributed by atoms with Gasteiger partial charge in [-0.05, 0) is 19.4 Å². The maximum Gasteiger partial charge on any atom is 0.107 e. The van der Waals surface area contributed by atoms with Crippen molar-refractivity contribution in [2.75, 3.05) is 21.1 Å². The van der Waals surface area contributed by atoms with Crippen LogP contribution in [0.2, 0.25) is 0 Å². The molecule has 12 heavy (non-hydrogen) atoms. The van der Waals surface area contributed by atoms with Crippen LogP contribution in [-0.2, 0) is 0 Å². The summed E-state index contributed by atoms with van der Waals surface area (Å²) < 4.78 is 1.05. The first-order valence-electron chi connectivity index (χ1n) is 4.96. The Hall–Kier alpha value is -0.300. The molecule has 72 valence electrons. The van der Waals surface area contributed by atoms with Crippen molar-refractivity contribution in [3.63, 3.8) is 0 Å². The normalized spacial score (nSPS) is 15.4. The summed E-state index contributed by atoms with van der Waals surface area (Å²) in [6, 6.07) is 0.690. The third-order valence-electron chi connectivity index (χ3n) is 2.26. The Morgan fingerprint density at radius 3 is 2.17 bits per heavy atom. The SMILES string of the molecule is CC=CC(CCCC)[N+](C)(C)C. The summed E-state index contributed by atoms with van der Waals surface area (Å²) in [5.41, 5.74) is 0. The van der Waals surface area contributed by atoms with Crippen LogP contribution in [0.25, 0.3) is 0 Å². The molecule has 0 N–H and O–H groups in total. The minimum absolute atomic E-state index is 0.690. The van der Waals surface area contributed by atoms with E-state index < -0.39 is 0 Å². The van der Waals surface area contributed by atoms with Gasteiger partial charge in [-0.25, -0.2) is 0 Å². The van der Waals surface area contributed by atoms with E-state index in [0.29, 0.717) is 6.04 Å². The number of quaternary nitrogens is 1. The average Bonchev–Trinajstić information content (AvgIpc) is 1.95. The molecule has 0 fully saturated rings. The molecule has 0 aromatic carbocycles. The van der Waals surface area contributed by atoms with Crippen molar-refractivity contribution in [3.8, 4) is 0 Å². The molecule has 0 rings (SSSR count). The predicted molar refractivity (Wildman–Crippen MR) is 56.2 cm³/mol. The first-order chi connectivity index (χ1) is 5.52. The lowest BCUT2D eigenvalue weighted by atomic mass is 10.1. The predicted octanol–water partition coefficient (Wildman–Crippen LogP) is 2.83. The van der Waals surface area contributed by atoms with Crippen LogP contribution in [-0.4, -0.2) is 31.7 Å². The standard InChI is InChI=1S/C11H24N/c1-6-8-10-11(9-7-2)12(3,4)5/h7,9,11H,6,8,10H2,1-5H3/q+1. The lowest BCUT2D eigenvalue weighted by Gasteiger charge is -2.32. The van der Waals surface area contributed by atoms with Gasteiger partial charge in [0, 0.05) is 6.42 Å². The second-order valence-corrected chi connectivity index (χ2v) is 4.35. The Bertz CT molecular complexity index is 130. The molecule has 0 radical (unpaired) electrons. The Kier molecular flexibility index (Phi) is 5.23. The van der Waals surface area contributed by atoms with Gasteiger partial charge in [0.05, 0.1) is 21.1 Å². The van der Waals surface area contributed by atoms with E-state index in [1.807, 2.05) is 0 Å². The molecule has 0 aliphatic rings. The molecule has 0 amide bonds. The van der Waals surface area contributed by atoms with Gasteiger partial charge in [0.1, 0.15) is 6.04 Å². The van der Waals surface area contributed by atoms with Gasteiger partial charge >= 0.3 is 0 Å². The summed E-state index contributed by atoms with van der Waals surface area (Å²) in [6.07, 6.45) is 8.45. The lowest BCUT2D eigenvalue weighted by Crippen LogP contribution is -2.43. The van der Waals surface area contributed by atoms with Gasteiger partial charge in [0.25, 0.3) is 0 Å². The average molecular weight is 170 g/mol. The summed E-state index contributed by atoms with van der Waals surface area (Å²) in [4.78, 5) is 0. The fourth-order valence-electron chi connectivity index (χ4n) is 1.38. The zero-order valence-corrected chi connectivity index (χ0v) is 9.30. The molecule has 0 heterocycles. The van der Waals surface area contributed by atoms with Crippen molar-refractivity contribution in [1.29, 1.82) is 0 Å². The largest absolute Gasteiger partial charge is 0.325 e. The molecule has 0 aliphatic carbocycles. The van der Waals surface area contributed by atoms with Gasteiger partial charge < -0.3 is 4.48 Å². The maximum absolute atomic E-state index is 2.33. The highest BCUT2D eigenvalue weighted by atomic mass is 15.3. The fraction of sp³-hybridized carbons (Fsp3) is 0.818. The van der Waals surface area contributed by atoms with Gasteiger partial charge in [-0.15, -0.1) is 0 Å². The number of hydrogen-bond donors (Lipinski definition) is 0. The number of rotatable bonds is 5. The number of hydrogen-bond acceptors (Lipinski definition) is 0. The monoisotopic (exact) mass is 170 g/mol. The topological polar surface area (TPSA) is 0 Å². The Morgan fingerprint density at radius 2 is 1.83 bits per heavy atom. The number of unbranched alkanes of at least 4 members (excludes halogenated alkanes) is 1. The fourth-order valence-corrected chi connectivity index (χ4v) is 1.38. The zero-order chi connectivity index (χ0) is 9.61. The molecule has 0 aromatic rings. The van der Waals surface area contributed by atoms with Gasteiger partial charge in [-0.1, -0.05) is 19.4 Å². The minimum Gasteiger partial charge on any atom is -0.325 e. The molecule has 0 aromatic heterocycles. The molecular formula is C11H24N+. The number of allylic oxidation sites excluding steroid dienone is 1. The van der Waals surface area contributed by atoms with E-state index in [0.717, 1.165) is 4.48 Å². The van der Waals surface area contributed by atoms with Crippen LogP contribution in [0.15, 0.2) is 12.2 Å². The van der Waals surface area contributed by atoms with Crippen molar-refractivity contribution in [1.82, 2.24) is 0 Å². The van der Waals surface area contributed by atoms with Crippen molar-refractivity contribution in [2.45, 2.75) is 39.2 Å². The van der Waals surface area contributed by atoms with Gasteiger partial charge in [-0.3, -0.25) is 0 Å². The van der Waals surface area contributed by atoms with E-state index in [1.54, 1.807) is 0 Å². The van der Waals surface area contributed by atoms with Crippen LogP contribution in [0.4, 0.5) is 0 Å². The van der Waals surface area contributed by atoms with E-state index in [2.05, 4.69) is 47.1 Å². The van der Waals surface area contributed by atoms with Crippen LogP contribution in [0, 0.1) is 0 Å². The second kappa shape index (κ2) is 5.36. The molecule has 1 heteroatoms. The van der Waals surface area contributed by atoms with E-state index in [4.69, 9.17) is 0 Å². The highest BCUT2D eigenvalue weighted by Gasteiger charge is 2.19. The molecule has 1 atom stereocenters. The third kappa shape index (κ3) is 4.55. The summed E-state index contributed by atoms with van der Waals surface area (Å²) in [5.74, 6) is 0. The zero-order valence-electron chi connectivity index (χ0n) is 9.30. The highest BCUT2D eigenvalue weighted by molar-refractivity contribution is 4.86. The number of nitrogens with zero attached hydrogens (tertiary/aromatic N) is 1. The van der Waals surface area contributed by atoms with E-state index in [1.165, 1.54) is 19.3 Å². The Labute approximate surface area is 77.7 Å². The smallest absolute Gasteiger partial charge is 0.107 e. The molecule has 0 spiro atoms. The van der Waals surface area contributed by atoms with Crippen molar-refractivity contribution in [3.05, 3.63) is 12.2 Å². The summed E-state index contributed by atoms with van der Waals surface area (Å²) in [6.45, 7) is 4.36. The van der Waals surface area contributed by atoms with Crippen molar-refractivity contribution < 1.29 is 4.48 Å². The van der Waals surface area contributed by atoms with Crippen LogP contribution in [0.3, 0.4) is 0 Å².